The molecule has 0 spiro atoms. The first-order valence-electron chi connectivity index (χ1n) is 8.05. The Bertz CT molecular complexity index is 1160. The second kappa shape index (κ2) is 5.85. The Labute approximate surface area is 151 Å². The fourth-order valence-electron chi connectivity index (χ4n) is 3.40. The van der Waals surface area contributed by atoms with Crippen LogP contribution >= 0.6 is 0 Å². The van der Waals surface area contributed by atoms with Gasteiger partial charge in [0.15, 0.2) is 9.84 Å². The monoisotopic (exact) mass is 368 g/mol. The van der Waals surface area contributed by atoms with Crippen molar-refractivity contribution in [1.29, 1.82) is 0 Å². The summed E-state index contributed by atoms with van der Waals surface area (Å²) in [6.07, 6.45) is -0.882. The van der Waals surface area contributed by atoms with Gasteiger partial charge in [-0.2, -0.15) is 0 Å². The zero-order valence-corrected chi connectivity index (χ0v) is 15.1. The second-order valence-electron chi connectivity index (χ2n) is 6.25. The first-order valence-corrected chi connectivity index (χ1v) is 9.70. The highest BCUT2D eigenvalue weighted by Gasteiger charge is 2.30. The van der Waals surface area contributed by atoms with Crippen LogP contribution in [0.15, 0.2) is 53.4 Å². The van der Waals surface area contributed by atoms with Gasteiger partial charge >= 0.3 is 6.16 Å². The van der Waals surface area contributed by atoms with E-state index in [2.05, 4.69) is 4.74 Å². The van der Waals surface area contributed by atoms with Gasteiger partial charge in [-0.15, -0.1) is 0 Å². The first-order chi connectivity index (χ1) is 12.4. The molecule has 3 aromatic carbocycles. The Morgan fingerprint density at radius 1 is 1.08 bits per heavy atom. The van der Waals surface area contributed by atoms with Crippen molar-refractivity contribution in [3.63, 3.8) is 0 Å². The van der Waals surface area contributed by atoms with Crippen LogP contribution in [0, 0.1) is 6.92 Å². The highest BCUT2D eigenvalue weighted by atomic mass is 32.2. The predicted molar refractivity (Wildman–Crippen MR) is 98.0 cm³/mol. The summed E-state index contributed by atoms with van der Waals surface area (Å²) in [5.41, 5.74) is 2.99. The average molecular weight is 368 g/mol. The molecule has 0 unspecified atom stereocenters. The summed E-state index contributed by atoms with van der Waals surface area (Å²) in [5, 5.41) is 2.05. The maximum atomic E-state index is 12.8. The minimum absolute atomic E-state index is 0.0824. The smallest absolute Gasteiger partial charge is 0.437 e. The summed E-state index contributed by atoms with van der Waals surface area (Å²) in [7, 11) is -2.33. The maximum Gasteiger partial charge on any atom is 0.513 e. The van der Waals surface area contributed by atoms with Crippen LogP contribution in [0.3, 0.4) is 0 Å². The van der Waals surface area contributed by atoms with Crippen LogP contribution in [0.2, 0.25) is 0 Å². The fourth-order valence-corrected chi connectivity index (χ4v) is 4.99. The maximum absolute atomic E-state index is 12.8. The van der Waals surface area contributed by atoms with E-state index < -0.39 is 16.0 Å². The summed E-state index contributed by atoms with van der Waals surface area (Å²) in [4.78, 5) is 11.6. The van der Waals surface area contributed by atoms with Crippen LogP contribution < -0.4 is 4.74 Å². The van der Waals surface area contributed by atoms with Gasteiger partial charge in [0.2, 0.25) is 0 Å². The van der Waals surface area contributed by atoms with Crippen LogP contribution in [0.4, 0.5) is 4.79 Å². The SMILES string of the molecule is COC(=O)Oc1cc2c(cc1C)-c1c(ccc3ccccc13)CS2(=O)=O. The predicted octanol–water partition coefficient (Wildman–Crippen LogP) is 4.25. The lowest BCUT2D eigenvalue weighted by Crippen LogP contribution is -2.15. The van der Waals surface area contributed by atoms with Crippen molar-refractivity contribution in [2.24, 2.45) is 0 Å². The number of benzene rings is 3. The normalized spacial score (nSPS) is 14.4. The van der Waals surface area contributed by atoms with E-state index >= 15 is 0 Å². The highest BCUT2D eigenvalue weighted by molar-refractivity contribution is 7.90. The van der Waals surface area contributed by atoms with Crippen molar-refractivity contribution < 1.29 is 22.7 Å². The van der Waals surface area contributed by atoms with E-state index in [0.717, 1.165) is 21.9 Å². The Kier molecular flexibility index (Phi) is 3.73. The van der Waals surface area contributed by atoms with Gasteiger partial charge in [0.1, 0.15) is 5.75 Å². The standard InChI is InChI=1S/C20H16O5S/c1-12-9-16-18(10-17(12)25-20(21)24-2)26(22,23)11-14-8-7-13-5-3-4-6-15(13)19(14)16/h3-10H,11H2,1-2H3. The van der Waals surface area contributed by atoms with Gasteiger partial charge in [0, 0.05) is 11.6 Å². The number of fused-ring (bicyclic) bond motifs is 5. The molecule has 6 heteroatoms. The summed E-state index contributed by atoms with van der Waals surface area (Å²) in [6.45, 7) is 1.77. The number of carbonyl (C=O) groups is 1. The summed E-state index contributed by atoms with van der Waals surface area (Å²) in [6, 6.07) is 14.9. The molecule has 0 saturated heterocycles. The van der Waals surface area contributed by atoms with E-state index in [1.165, 1.54) is 13.2 Å². The lowest BCUT2D eigenvalue weighted by molar-refractivity contribution is 0.121. The average Bonchev–Trinajstić information content (AvgIpc) is 2.62. The zero-order valence-electron chi connectivity index (χ0n) is 14.3. The molecule has 26 heavy (non-hydrogen) atoms. The molecule has 0 aromatic heterocycles. The number of aryl methyl sites for hydroxylation is 1. The van der Waals surface area contributed by atoms with Gasteiger partial charge in [0.25, 0.3) is 0 Å². The van der Waals surface area contributed by atoms with Crippen molar-refractivity contribution in [3.05, 3.63) is 59.7 Å². The van der Waals surface area contributed by atoms with Gasteiger partial charge in [0.05, 0.1) is 17.8 Å². The molecule has 0 fully saturated rings. The summed E-state index contributed by atoms with van der Waals surface area (Å²) < 4.78 is 35.2. The molecule has 4 rings (SSSR count). The Morgan fingerprint density at radius 2 is 1.85 bits per heavy atom. The van der Waals surface area contributed by atoms with E-state index in [-0.39, 0.29) is 16.4 Å². The van der Waals surface area contributed by atoms with E-state index in [4.69, 9.17) is 4.74 Å². The summed E-state index contributed by atoms with van der Waals surface area (Å²) in [5.74, 6) is 0.101. The van der Waals surface area contributed by atoms with Crippen molar-refractivity contribution >= 4 is 26.8 Å². The third-order valence-electron chi connectivity index (χ3n) is 4.60. The van der Waals surface area contributed by atoms with Gasteiger partial charge in [-0.25, -0.2) is 13.2 Å². The molecule has 1 heterocycles. The molecule has 3 aromatic rings. The topological polar surface area (TPSA) is 69.7 Å². The largest absolute Gasteiger partial charge is 0.513 e. The highest BCUT2D eigenvalue weighted by Crippen LogP contribution is 2.44. The molecule has 0 N–H and O–H groups in total. The Morgan fingerprint density at radius 3 is 2.62 bits per heavy atom. The number of methoxy groups -OCH3 is 1. The van der Waals surface area contributed by atoms with Gasteiger partial charge in [-0.1, -0.05) is 36.4 Å². The van der Waals surface area contributed by atoms with E-state index in [9.17, 15) is 13.2 Å². The molecule has 5 nitrogen and oxygen atoms in total. The molecule has 0 saturated carbocycles. The molecule has 0 amide bonds. The Balaban J connectivity index is 2.03. The second-order valence-corrected chi connectivity index (χ2v) is 8.21. The van der Waals surface area contributed by atoms with Gasteiger partial charge in [-0.3, -0.25) is 0 Å². The minimum atomic E-state index is -3.54. The third kappa shape index (κ3) is 2.54. The van der Waals surface area contributed by atoms with E-state index in [1.807, 2.05) is 36.4 Å². The molecule has 0 atom stereocenters. The zero-order chi connectivity index (χ0) is 18.5. The molecule has 0 radical (unpaired) electrons. The quantitative estimate of drug-likeness (QED) is 0.474. The lowest BCUT2D eigenvalue weighted by Gasteiger charge is -2.23. The third-order valence-corrected chi connectivity index (χ3v) is 6.30. The van der Waals surface area contributed by atoms with Crippen LogP contribution in [-0.4, -0.2) is 21.7 Å². The number of hydrogen-bond acceptors (Lipinski definition) is 5. The number of carbonyl (C=O) groups excluding carboxylic acids is 1. The minimum Gasteiger partial charge on any atom is -0.437 e. The van der Waals surface area contributed by atoms with E-state index in [1.54, 1.807) is 13.0 Å². The molecule has 1 aliphatic rings. The van der Waals surface area contributed by atoms with Crippen molar-refractivity contribution in [1.82, 2.24) is 0 Å². The molecular weight excluding hydrogens is 352 g/mol. The van der Waals surface area contributed by atoms with Crippen molar-refractivity contribution in [3.8, 4) is 16.9 Å². The number of hydrogen-bond donors (Lipinski definition) is 0. The summed E-state index contributed by atoms with van der Waals surface area (Å²) >= 11 is 0. The molecule has 132 valence electrons. The number of ether oxygens (including phenoxy) is 2. The molecule has 0 bridgehead atoms. The first kappa shape index (κ1) is 16.6. The molecule has 0 aliphatic carbocycles. The van der Waals surface area contributed by atoms with Crippen LogP contribution in [-0.2, 0) is 20.3 Å². The van der Waals surface area contributed by atoms with Gasteiger partial charge < -0.3 is 9.47 Å². The van der Waals surface area contributed by atoms with Crippen molar-refractivity contribution in [2.45, 2.75) is 17.6 Å². The van der Waals surface area contributed by atoms with Crippen LogP contribution in [0.5, 0.6) is 5.75 Å². The number of sulfone groups is 1. The number of rotatable bonds is 1. The molecule has 1 aliphatic heterocycles. The Hall–Kier alpha value is -2.86. The van der Waals surface area contributed by atoms with E-state index in [0.29, 0.717) is 11.1 Å². The van der Waals surface area contributed by atoms with Crippen molar-refractivity contribution in [2.75, 3.05) is 7.11 Å². The van der Waals surface area contributed by atoms with Crippen LogP contribution in [0.25, 0.3) is 21.9 Å². The lowest BCUT2D eigenvalue weighted by atomic mass is 9.92. The molecular formula is C20H16O5S. The van der Waals surface area contributed by atoms with Gasteiger partial charge in [-0.05, 0) is 40.5 Å². The fraction of sp³-hybridized carbons (Fsp3) is 0.150. The van der Waals surface area contributed by atoms with Crippen LogP contribution in [0.1, 0.15) is 11.1 Å².